The molecule has 0 bridgehead atoms. The molecule has 0 saturated heterocycles. The third kappa shape index (κ3) is 2.44. The summed E-state index contributed by atoms with van der Waals surface area (Å²) in [6.45, 7) is 0.251. The zero-order valence-electron chi connectivity index (χ0n) is 8.88. The molecule has 88 valence electrons. The van der Waals surface area contributed by atoms with Gasteiger partial charge in [-0.25, -0.2) is 4.39 Å². The van der Waals surface area contributed by atoms with Crippen LogP contribution in [0.25, 0.3) is 11.1 Å². The molecule has 2 aromatic rings. The summed E-state index contributed by atoms with van der Waals surface area (Å²) in [4.78, 5) is 0. The van der Waals surface area contributed by atoms with Crippen LogP contribution in [0.4, 0.5) is 4.39 Å². The van der Waals surface area contributed by atoms with Crippen LogP contribution in [0.2, 0.25) is 10.0 Å². The third-order valence-corrected chi connectivity index (χ3v) is 3.31. The SMILES string of the molecule is NCc1c(Cl)ccc(-c2cccc(F)c2)c1Cl. The molecule has 0 radical (unpaired) electrons. The standard InChI is InChI=1S/C13H10Cl2FN/c14-12-5-4-10(13(15)11(12)7-17)8-2-1-3-9(16)6-8/h1-6H,7,17H2. The van der Waals surface area contributed by atoms with Gasteiger partial charge in [-0.05, 0) is 23.8 Å². The van der Waals surface area contributed by atoms with Crippen molar-refractivity contribution in [2.45, 2.75) is 6.54 Å². The molecule has 0 aliphatic carbocycles. The Hall–Kier alpha value is -1.09. The second-order valence-electron chi connectivity index (χ2n) is 3.60. The summed E-state index contributed by atoms with van der Waals surface area (Å²) in [7, 11) is 0. The van der Waals surface area contributed by atoms with Gasteiger partial charge in [-0.2, -0.15) is 0 Å². The Balaban J connectivity index is 2.61. The highest BCUT2D eigenvalue weighted by molar-refractivity contribution is 6.37. The van der Waals surface area contributed by atoms with Crippen LogP contribution < -0.4 is 5.73 Å². The highest BCUT2D eigenvalue weighted by Crippen LogP contribution is 2.34. The molecule has 0 amide bonds. The van der Waals surface area contributed by atoms with E-state index in [1.165, 1.54) is 12.1 Å². The zero-order chi connectivity index (χ0) is 12.4. The maximum Gasteiger partial charge on any atom is 0.123 e. The van der Waals surface area contributed by atoms with Crippen molar-refractivity contribution >= 4 is 23.2 Å². The quantitative estimate of drug-likeness (QED) is 0.866. The lowest BCUT2D eigenvalue weighted by Gasteiger charge is -2.10. The van der Waals surface area contributed by atoms with E-state index in [-0.39, 0.29) is 12.4 Å². The molecule has 0 aliphatic heterocycles. The van der Waals surface area contributed by atoms with Crippen molar-refractivity contribution in [3.05, 3.63) is 57.8 Å². The molecule has 1 nitrogen and oxygen atoms in total. The number of halogens is 3. The minimum Gasteiger partial charge on any atom is -0.326 e. The van der Waals surface area contributed by atoms with E-state index in [2.05, 4.69) is 0 Å². The average molecular weight is 270 g/mol. The molecular formula is C13H10Cl2FN. The molecule has 2 aromatic carbocycles. The summed E-state index contributed by atoms with van der Waals surface area (Å²) in [6.07, 6.45) is 0. The Bertz CT molecular complexity index is 555. The van der Waals surface area contributed by atoms with E-state index in [1.54, 1.807) is 24.3 Å². The first-order valence-electron chi connectivity index (χ1n) is 5.06. The van der Waals surface area contributed by atoms with Gasteiger partial charge in [0.1, 0.15) is 5.82 Å². The van der Waals surface area contributed by atoms with Gasteiger partial charge >= 0.3 is 0 Å². The van der Waals surface area contributed by atoms with E-state index in [0.29, 0.717) is 21.2 Å². The van der Waals surface area contributed by atoms with Gasteiger partial charge in [-0.3, -0.25) is 0 Å². The lowest BCUT2D eigenvalue weighted by molar-refractivity contribution is 0.628. The van der Waals surface area contributed by atoms with Crippen LogP contribution in [-0.2, 0) is 6.54 Å². The Kier molecular flexibility index (Phi) is 3.67. The van der Waals surface area contributed by atoms with Gasteiger partial charge in [0.15, 0.2) is 0 Å². The number of hydrogen-bond acceptors (Lipinski definition) is 1. The van der Waals surface area contributed by atoms with Crippen LogP contribution in [0, 0.1) is 5.82 Å². The van der Waals surface area contributed by atoms with Gasteiger partial charge in [0.2, 0.25) is 0 Å². The van der Waals surface area contributed by atoms with Crippen LogP contribution >= 0.6 is 23.2 Å². The predicted octanol–water partition coefficient (Wildman–Crippen LogP) is 4.26. The maximum atomic E-state index is 13.2. The van der Waals surface area contributed by atoms with Gasteiger partial charge in [0.05, 0.1) is 5.02 Å². The monoisotopic (exact) mass is 269 g/mol. The van der Waals surface area contributed by atoms with Crippen molar-refractivity contribution in [1.82, 2.24) is 0 Å². The van der Waals surface area contributed by atoms with Crippen molar-refractivity contribution in [2.75, 3.05) is 0 Å². The maximum absolute atomic E-state index is 13.2. The molecule has 2 N–H and O–H groups in total. The third-order valence-electron chi connectivity index (χ3n) is 2.53. The summed E-state index contributed by atoms with van der Waals surface area (Å²) >= 11 is 12.2. The highest BCUT2D eigenvalue weighted by atomic mass is 35.5. The first kappa shape index (κ1) is 12.4. The molecule has 4 heteroatoms. The molecule has 0 saturated carbocycles. The minimum absolute atomic E-state index is 0.251. The minimum atomic E-state index is -0.303. The first-order chi connectivity index (χ1) is 8.13. The fourth-order valence-corrected chi connectivity index (χ4v) is 2.30. The molecule has 0 spiro atoms. The van der Waals surface area contributed by atoms with E-state index in [9.17, 15) is 4.39 Å². The Morgan fingerprint density at radius 1 is 1.12 bits per heavy atom. The fraction of sp³-hybridized carbons (Fsp3) is 0.0769. The average Bonchev–Trinajstić information content (AvgIpc) is 2.29. The van der Waals surface area contributed by atoms with Crippen LogP contribution in [0.15, 0.2) is 36.4 Å². The molecule has 0 atom stereocenters. The zero-order valence-corrected chi connectivity index (χ0v) is 10.4. The molecule has 17 heavy (non-hydrogen) atoms. The van der Waals surface area contributed by atoms with Crippen LogP contribution in [0.1, 0.15) is 5.56 Å². The smallest absolute Gasteiger partial charge is 0.123 e. The lowest BCUT2D eigenvalue weighted by Crippen LogP contribution is -1.99. The second-order valence-corrected chi connectivity index (χ2v) is 4.39. The number of nitrogens with two attached hydrogens (primary N) is 1. The van der Waals surface area contributed by atoms with Gasteiger partial charge in [-0.15, -0.1) is 0 Å². The first-order valence-corrected chi connectivity index (χ1v) is 5.82. The van der Waals surface area contributed by atoms with Gasteiger partial charge in [0.25, 0.3) is 0 Å². The van der Waals surface area contributed by atoms with Crippen molar-refractivity contribution < 1.29 is 4.39 Å². The molecule has 0 fully saturated rings. The largest absolute Gasteiger partial charge is 0.326 e. The number of rotatable bonds is 2. The normalized spacial score (nSPS) is 10.6. The summed E-state index contributed by atoms with van der Waals surface area (Å²) in [5, 5.41) is 1.00. The predicted molar refractivity (Wildman–Crippen MR) is 69.7 cm³/mol. The fourth-order valence-electron chi connectivity index (χ4n) is 1.66. The molecule has 0 aliphatic rings. The van der Waals surface area contributed by atoms with E-state index >= 15 is 0 Å². The van der Waals surface area contributed by atoms with Crippen molar-refractivity contribution in [3.8, 4) is 11.1 Å². The van der Waals surface area contributed by atoms with Gasteiger partial charge < -0.3 is 5.73 Å². The molecule has 0 unspecified atom stereocenters. The molecular weight excluding hydrogens is 260 g/mol. The van der Waals surface area contributed by atoms with E-state index in [4.69, 9.17) is 28.9 Å². The van der Waals surface area contributed by atoms with Crippen molar-refractivity contribution in [1.29, 1.82) is 0 Å². The van der Waals surface area contributed by atoms with Crippen LogP contribution in [0.5, 0.6) is 0 Å². The summed E-state index contributed by atoms with van der Waals surface area (Å²) in [6, 6.07) is 9.72. The van der Waals surface area contributed by atoms with E-state index < -0.39 is 0 Å². The van der Waals surface area contributed by atoms with Gasteiger partial charge in [-0.1, -0.05) is 41.4 Å². The Morgan fingerprint density at radius 3 is 2.53 bits per heavy atom. The topological polar surface area (TPSA) is 26.0 Å². The summed E-state index contributed by atoms with van der Waals surface area (Å²) < 4.78 is 13.2. The summed E-state index contributed by atoms with van der Waals surface area (Å²) in [5.41, 5.74) is 7.70. The Labute approximate surface area is 109 Å². The number of benzene rings is 2. The molecule has 0 aromatic heterocycles. The van der Waals surface area contributed by atoms with Gasteiger partial charge in [0, 0.05) is 22.7 Å². The van der Waals surface area contributed by atoms with E-state index in [1.807, 2.05) is 0 Å². The Morgan fingerprint density at radius 2 is 1.88 bits per heavy atom. The molecule has 0 heterocycles. The van der Waals surface area contributed by atoms with Crippen molar-refractivity contribution in [2.24, 2.45) is 5.73 Å². The van der Waals surface area contributed by atoms with Crippen LogP contribution in [0.3, 0.4) is 0 Å². The van der Waals surface area contributed by atoms with E-state index in [0.717, 1.165) is 5.56 Å². The summed E-state index contributed by atoms with van der Waals surface area (Å²) in [5.74, 6) is -0.303. The lowest BCUT2D eigenvalue weighted by atomic mass is 10.0. The van der Waals surface area contributed by atoms with Crippen LogP contribution in [-0.4, -0.2) is 0 Å². The highest BCUT2D eigenvalue weighted by Gasteiger charge is 2.11. The molecule has 2 rings (SSSR count). The number of hydrogen-bond donors (Lipinski definition) is 1. The second kappa shape index (κ2) is 5.05. The van der Waals surface area contributed by atoms with Crippen molar-refractivity contribution in [3.63, 3.8) is 0 Å².